The van der Waals surface area contributed by atoms with E-state index < -0.39 is 0 Å². The van der Waals surface area contributed by atoms with E-state index in [1.54, 1.807) is 0 Å². The van der Waals surface area contributed by atoms with Gasteiger partial charge in [0.25, 0.3) is 0 Å². The van der Waals surface area contributed by atoms with Crippen molar-refractivity contribution >= 4 is 37.5 Å². The summed E-state index contributed by atoms with van der Waals surface area (Å²) in [5.74, 6) is 0.919. The lowest BCUT2D eigenvalue weighted by atomic mass is 10.1. The molecule has 0 radical (unpaired) electrons. The van der Waals surface area contributed by atoms with E-state index in [1.807, 2.05) is 6.07 Å². The van der Waals surface area contributed by atoms with Crippen molar-refractivity contribution in [1.29, 1.82) is 0 Å². The van der Waals surface area contributed by atoms with Crippen molar-refractivity contribution in [2.45, 2.75) is 33.7 Å². The normalized spacial score (nSPS) is 10.6. The van der Waals surface area contributed by atoms with Gasteiger partial charge >= 0.3 is 0 Å². The number of rotatable bonds is 6. The predicted octanol–water partition coefficient (Wildman–Crippen LogP) is 6.23. The second kappa shape index (κ2) is 8.02. The Morgan fingerprint density at radius 2 is 1.86 bits per heavy atom. The number of ether oxygens (including phenoxy) is 1. The maximum Gasteiger partial charge on any atom is 0.138 e. The zero-order valence-electron chi connectivity index (χ0n) is 13.2. The summed E-state index contributed by atoms with van der Waals surface area (Å²) in [7, 11) is 0. The Morgan fingerprint density at radius 1 is 1.09 bits per heavy atom. The van der Waals surface area contributed by atoms with E-state index in [0.29, 0.717) is 0 Å². The minimum atomic E-state index is 0.719. The Kier molecular flexibility index (Phi) is 6.33. The van der Waals surface area contributed by atoms with Crippen LogP contribution in [0.15, 0.2) is 39.3 Å². The fourth-order valence-corrected chi connectivity index (χ4v) is 3.66. The molecule has 0 aliphatic heterocycles. The fourth-order valence-electron chi connectivity index (χ4n) is 2.23. The van der Waals surface area contributed by atoms with Gasteiger partial charge in [0.2, 0.25) is 0 Å². The first kappa shape index (κ1) is 17.4. The van der Waals surface area contributed by atoms with Gasteiger partial charge in [-0.2, -0.15) is 0 Å². The SMILES string of the molecule is CCCOc1c(Br)cc(Br)cc1CNc1cc(C)ccc1C. The van der Waals surface area contributed by atoms with E-state index in [9.17, 15) is 0 Å². The van der Waals surface area contributed by atoms with Crippen LogP contribution in [0.3, 0.4) is 0 Å². The molecule has 1 N–H and O–H groups in total. The lowest BCUT2D eigenvalue weighted by Crippen LogP contribution is -2.06. The summed E-state index contributed by atoms with van der Waals surface area (Å²) < 4.78 is 7.93. The van der Waals surface area contributed by atoms with Gasteiger partial charge in [-0.3, -0.25) is 0 Å². The molecule has 22 heavy (non-hydrogen) atoms. The molecule has 0 heterocycles. The van der Waals surface area contributed by atoms with Crippen molar-refractivity contribution < 1.29 is 4.74 Å². The summed E-state index contributed by atoms with van der Waals surface area (Å²) in [5, 5.41) is 3.52. The molecule has 2 aromatic rings. The maximum absolute atomic E-state index is 5.91. The Bertz CT molecular complexity index is 656. The van der Waals surface area contributed by atoms with Crippen LogP contribution in [-0.4, -0.2) is 6.61 Å². The number of nitrogens with one attached hydrogen (secondary N) is 1. The highest BCUT2D eigenvalue weighted by atomic mass is 79.9. The van der Waals surface area contributed by atoms with Crippen LogP contribution >= 0.6 is 31.9 Å². The van der Waals surface area contributed by atoms with E-state index in [4.69, 9.17) is 4.74 Å². The van der Waals surface area contributed by atoms with Crippen LogP contribution in [-0.2, 0) is 6.54 Å². The highest BCUT2D eigenvalue weighted by molar-refractivity contribution is 9.11. The molecule has 0 aliphatic rings. The van der Waals surface area contributed by atoms with Crippen molar-refractivity contribution in [3.8, 4) is 5.75 Å². The summed E-state index contributed by atoms with van der Waals surface area (Å²) in [6, 6.07) is 10.6. The number of aryl methyl sites for hydroxylation is 2. The Balaban J connectivity index is 2.22. The molecule has 118 valence electrons. The largest absolute Gasteiger partial charge is 0.492 e. The molecule has 0 unspecified atom stereocenters. The lowest BCUT2D eigenvalue weighted by molar-refractivity contribution is 0.312. The highest BCUT2D eigenvalue weighted by Crippen LogP contribution is 2.33. The van der Waals surface area contributed by atoms with Gasteiger partial charge in [-0.1, -0.05) is 35.0 Å². The van der Waals surface area contributed by atoms with E-state index in [0.717, 1.165) is 45.5 Å². The fraction of sp³-hybridized carbons (Fsp3) is 0.333. The van der Waals surface area contributed by atoms with Crippen LogP contribution < -0.4 is 10.1 Å². The zero-order chi connectivity index (χ0) is 16.1. The minimum absolute atomic E-state index is 0.719. The molecule has 0 bridgehead atoms. The second-order valence-electron chi connectivity index (χ2n) is 5.40. The van der Waals surface area contributed by atoms with Gasteiger partial charge in [0.15, 0.2) is 0 Å². The van der Waals surface area contributed by atoms with Gasteiger partial charge in [0, 0.05) is 22.3 Å². The molecule has 0 saturated carbocycles. The van der Waals surface area contributed by atoms with E-state index in [1.165, 1.54) is 11.1 Å². The minimum Gasteiger partial charge on any atom is -0.492 e. The molecule has 4 heteroatoms. The van der Waals surface area contributed by atoms with E-state index in [-0.39, 0.29) is 0 Å². The van der Waals surface area contributed by atoms with Crippen molar-refractivity contribution in [2.24, 2.45) is 0 Å². The van der Waals surface area contributed by atoms with Crippen LogP contribution in [0.2, 0.25) is 0 Å². The number of hydrogen-bond acceptors (Lipinski definition) is 2. The molecule has 0 aromatic heterocycles. The average Bonchev–Trinajstić information content (AvgIpc) is 2.47. The third-order valence-electron chi connectivity index (χ3n) is 3.40. The quantitative estimate of drug-likeness (QED) is 0.591. The Morgan fingerprint density at radius 3 is 2.59 bits per heavy atom. The van der Waals surface area contributed by atoms with E-state index >= 15 is 0 Å². The van der Waals surface area contributed by atoms with Crippen LogP contribution in [0.4, 0.5) is 5.69 Å². The van der Waals surface area contributed by atoms with Crippen molar-refractivity contribution in [3.05, 3.63) is 56.0 Å². The average molecular weight is 427 g/mol. The van der Waals surface area contributed by atoms with Gasteiger partial charge in [-0.15, -0.1) is 0 Å². The van der Waals surface area contributed by atoms with Crippen LogP contribution in [0.5, 0.6) is 5.75 Å². The van der Waals surface area contributed by atoms with Crippen molar-refractivity contribution in [3.63, 3.8) is 0 Å². The Hall–Kier alpha value is -1.00. The molecular formula is C18H21Br2NO. The molecule has 0 aliphatic carbocycles. The summed E-state index contributed by atoms with van der Waals surface area (Å²) in [6.07, 6.45) is 0.992. The van der Waals surface area contributed by atoms with Crippen LogP contribution in [0.25, 0.3) is 0 Å². The topological polar surface area (TPSA) is 21.3 Å². The van der Waals surface area contributed by atoms with Crippen LogP contribution in [0.1, 0.15) is 30.0 Å². The predicted molar refractivity (Wildman–Crippen MR) is 101 cm³/mol. The van der Waals surface area contributed by atoms with Gasteiger partial charge in [-0.05, 0) is 65.5 Å². The van der Waals surface area contributed by atoms with Gasteiger partial charge in [-0.25, -0.2) is 0 Å². The van der Waals surface area contributed by atoms with Crippen molar-refractivity contribution in [1.82, 2.24) is 0 Å². The maximum atomic E-state index is 5.91. The first-order chi connectivity index (χ1) is 10.5. The smallest absolute Gasteiger partial charge is 0.138 e. The van der Waals surface area contributed by atoms with Gasteiger partial charge < -0.3 is 10.1 Å². The van der Waals surface area contributed by atoms with Crippen LogP contribution in [0, 0.1) is 13.8 Å². The van der Waals surface area contributed by atoms with Gasteiger partial charge in [0.1, 0.15) is 5.75 Å². The summed E-state index contributed by atoms with van der Waals surface area (Å²) in [5.41, 5.74) is 4.80. The summed E-state index contributed by atoms with van der Waals surface area (Å²) >= 11 is 7.15. The number of benzene rings is 2. The zero-order valence-corrected chi connectivity index (χ0v) is 16.3. The monoisotopic (exact) mass is 425 g/mol. The third-order valence-corrected chi connectivity index (χ3v) is 4.45. The Labute approximate surface area is 149 Å². The molecule has 2 rings (SSSR count). The highest BCUT2D eigenvalue weighted by Gasteiger charge is 2.10. The molecule has 0 spiro atoms. The standard InChI is InChI=1S/C18H21Br2NO/c1-4-7-22-18-14(9-15(19)10-16(18)20)11-21-17-8-12(2)5-6-13(17)3/h5-6,8-10,21H,4,7,11H2,1-3H3. The van der Waals surface area contributed by atoms with E-state index in [2.05, 4.69) is 82.2 Å². The second-order valence-corrected chi connectivity index (χ2v) is 7.17. The number of anilines is 1. The molecule has 2 nitrogen and oxygen atoms in total. The third kappa shape index (κ3) is 4.50. The molecule has 0 saturated heterocycles. The molecule has 0 fully saturated rings. The van der Waals surface area contributed by atoms with Gasteiger partial charge in [0.05, 0.1) is 11.1 Å². The summed E-state index contributed by atoms with van der Waals surface area (Å²) in [4.78, 5) is 0. The summed E-state index contributed by atoms with van der Waals surface area (Å²) in [6.45, 7) is 7.78. The first-order valence-corrected chi connectivity index (χ1v) is 9.01. The first-order valence-electron chi connectivity index (χ1n) is 7.43. The molecule has 0 amide bonds. The number of halogens is 2. The molecule has 2 aromatic carbocycles. The lowest BCUT2D eigenvalue weighted by Gasteiger charge is -2.16. The molecule has 0 atom stereocenters. The number of hydrogen-bond donors (Lipinski definition) is 1. The van der Waals surface area contributed by atoms with Crippen molar-refractivity contribution in [2.75, 3.05) is 11.9 Å². The molecular weight excluding hydrogens is 406 g/mol.